The maximum atomic E-state index is 12.3. The molecule has 2 aromatic heterocycles. The summed E-state index contributed by atoms with van der Waals surface area (Å²) in [5, 5.41) is 6.83. The molecule has 1 saturated heterocycles. The molecule has 3 rings (SSSR count). The molecule has 1 aliphatic rings. The van der Waals surface area contributed by atoms with Gasteiger partial charge in [0.15, 0.2) is 5.76 Å². The van der Waals surface area contributed by atoms with Gasteiger partial charge in [-0.1, -0.05) is 11.2 Å². The molecule has 1 fully saturated rings. The summed E-state index contributed by atoms with van der Waals surface area (Å²) in [5.41, 5.74) is 1.36. The SMILES string of the molecule is CCN1CC(C(=O)NCc2cc(-c3ccccn3)no2)CCC1=O. The lowest BCUT2D eigenvalue weighted by Crippen LogP contribution is -2.45. The summed E-state index contributed by atoms with van der Waals surface area (Å²) < 4.78 is 5.25. The summed E-state index contributed by atoms with van der Waals surface area (Å²) >= 11 is 0. The highest BCUT2D eigenvalue weighted by Gasteiger charge is 2.29. The van der Waals surface area contributed by atoms with Crippen molar-refractivity contribution in [2.75, 3.05) is 13.1 Å². The largest absolute Gasteiger partial charge is 0.359 e. The molecule has 0 spiro atoms. The van der Waals surface area contributed by atoms with Crippen LogP contribution in [0.15, 0.2) is 35.0 Å². The number of carbonyl (C=O) groups is 2. The highest BCUT2D eigenvalue weighted by molar-refractivity contribution is 5.83. The van der Waals surface area contributed by atoms with E-state index < -0.39 is 0 Å². The van der Waals surface area contributed by atoms with Gasteiger partial charge in [-0.25, -0.2) is 0 Å². The Morgan fingerprint density at radius 3 is 3.04 bits per heavy atom. The van der Waals surface area contributed by atoms with E-state index in [2.05, 4.69) is 15.5 Å². The maximum Gasteiger partial charge on any atom is 0.225 e. The van der Waals surface area contributed by atoms with Gasteiger partial charge in [-0.2, -0.15) is 0 Å². The van der Waals surface area contributed by atoms with E-state index in [9.17, 15) is 9.59 Å². The van der Waals surface area contributed by atoms with Crippen molar-refractivity contribution in [1.82, 2.24) is 20.4 Å². The molecule has 3 heterocycles. The lowest BCUT2D eigenvalue weighted by molar-refractivity contribution is -0.138. The molecule has 0 radical (unpaired) electrons. The average Bonchev–Trinajstić information content (AvgIpc) is 3.10. The van der Waals surface area contributed by atoms with E-state index in [1.165, 1.54) is 0 Å². The Morgan fingerprint density at radius 2 is 2.29 bits per heavy atom. The Kier molecular flexibility index (Phi) is 4.88. The van der Waals surface area contributed by atoms with Gasteiger partial charge in [-0.3, -0.25) is 14.6 Å². The topological polar surface area (TPSA) is 88.3 Å². The van der Waals surface area contributed by atoms with Crippen LogP contribution >= 0.6 is 0 Å². The molecule has 24 heavy (non-hydrogen) atoms. The Bertz CT molecular complexity index is 714. The number of piperidine rings is 1. The third-order valence-electron chi connectivity index (χ3n) is 4.18. The van der Waals surface area contributed by atoms with Gasteiger partial charge in [-0.15, -0.1) is 0 Å². The van der Waals surface area contributed by atoms with Gasteiger partial charge in [0, 0.05) is 31.8 Å². The normalized spacial score (nSPS) is 17.8. The van der Waals surface area contributed by atoms with Crippen LogP contribution in [-0.4, -0.2) is 39.9 Å². The Balaban J connectivity index is 1.55. The van der Waals surface area contributed by atoms with E-state index >= 15 is 0 Å². The first-order valence-corrected chi connectivity index (χ1v) is 8.10. The summed E-state index contributed by atoms with van der Waals surface area (Å²) in [6.45, 7) is 3.32. The Labute approximate surface area is 140 Å². The van der Waals surface area contributed by atoms with Crippen molar-refractivity contribution in [2.24, 2.45) is 5.92 Å². The van der Waals surface area contributed by atoms with Crippen LogP contribution in [0.5, 0.6) is 0 Å². The zero-order chi connectivity index (χ0) is 16.9. The van der Waals surface area contributed by atoms with Crippen molar-refractivity contribution in [3.05, 3.63) is 36.2 Å². The van der Waals surface area contributed by atoms with Crippen molar-refractivity contribution < 1.29 is 14.1 Å². The number of nitrogens with one attached hydrogen (secondary N) is 1. The summed E-state index contributed by atoms with van der Waals surface area (Å²) in [5.74, 6) is 0.470. The van der Waals surface area contributed by atoms with Crippen LogP contribution in [0.1, 0.15) is 25.5 Å². The Morgan fingerprint density at radius 1 is 1.42 bits per heavy atom. The molecule has 1 atom stereocenters. The van der Waals surface area contributed by atoms with Gasteiger partial charge in [0.05, 0.1) is 18.2 Å². The van der Waals surface area contributed by atoms with Gasteiger partial charge < -0.3 is 14.7 Å². The van der Waals surface area contributed by atoms with E-state index in [4.69, 9.17) is 4.52 Å². The second-order valence-electron chi connectivity index (χ2n) is 5.78. The number of amides is 2. The van der Waals surface area contributed by atoms with Crippen molar-refractivity contribution >= 4 is 11.8 Å². The molecule has 7 nitrogen and oxygen atoms in total. The van der Waals surface area contributed by atoms with Gasteiger partial charge >= 0.3 is 0 Å². The van der Waals surface area contributed by atoms with Gasteiger partial charge in [0.25, 0.3) is 0 Å². The number of pyridine rings is 1. The van der Waals surface area contributed by atoms with Gasteiger partial charge in [-0.05, 0) is 25.5 Å². The molecule has 126 valence electrons. The zero-order valence-corrected chi connectivity index (χ0v) is 13.6. The van der Waals surface area contributed by atoms with E-state index in [1.807, 2.05) is 25.1 Å². The minimum Gasteiger partial charge on any atom is -0.359 e. The second-order valence-corrected chi connectivity index (χ2v) is 5.78. The van der Waals surface area contributed by atoms with Crippen LogP contribution in [0.25, 0.3) is 11.4 Å². The molecule has 1 unspecified atom stereocenters. The van der Waals surface area contributed by atoms with Crippen LogP contribution in [0.3, 0.4) is 0 Å². The van der Waals surface area contributed by atoms with Crippen molar-refractivity contribution in [2.45, 2.75) is 26.3 Å². The first kappa shape index (κ1) is 16.2. The van der Waals surface area contributed by atoms with Gasteiger partial charge in [0.1, 0.15) is 5.69 Å². The highest BCUT2D eigenvalue weighted by Crippen LogP contribution is 2.19. The number of carbonyl (C=O) groups excluding carboxylic acids is 2. The third-order valence-corrected chi connectivity index (χ3v) is 4.18. The fourth-order valence-corrected chi connectivity index (χ4v) is 2.78. The van der Waals surface area contributed by atoms with Crippen LogP contribution in [0.2, 0.25) is 0 Å². The smallest absolute Gasteiger partial charge is 0.225 e. The standard InChI is InChI=1S/C17H20N4O3/c1-2-21-11-12(6-7-16(21)22)17(23)19-10-13-9-15(20-24-13)14-5-3-4-8-18-14/h3-5,8-9,12H,2,6-7,10-11H2,1H3,(H,19,23). The molecular formula is C17H20N4O3. The number of nitrogens with zero attached hydrogens (tertiary/aromatic N) is 3. The molecule has 0 aromatic carbocycles. The summed E-state index contributed by atoms with van der Waals surface area (Å²) in [4.78, 5) is 29.9. The highest BCUT2D eigenvalue weighted by atomic mass is 16.5. The number of hydrogen-bond donors (Lipinski definition) is 1. The molecule has 0 saturated carbocycles. The molecule has 1 N–H and O–H groups in total. The lowest BCUT2D eigenvalue weighted by atomic mass is 9.96. The predicted octanol–water partition coefficient (Wildman–Crippen LogP) is 1.61. The number of hydrogen-bond acceptors (Lipinski definition) is 5. The summed E-state index contributed by atoms with van der Waals surface area (Å²) in [6.07, 6.45) is 2.71. The van der Waals surface area contributed by atoms with Crippen molar-refractivity contribution in [3.63, 3.8) is 0 Å². The van der Waals surface area contributed by atoms with E-state index in [-0.39, 0.29) is 24.3 Å². The molecule has 2 aromatic rings. The fraction of sp³-hybridized carbons (Fsp3) is 0.412. The van der Waals surface area contributed by atoms with E-state index in [1.54, 1.807) is 17.2 Å². The minimum absolute atomic E-state index is 0.0586. The molecule has 1 aliphatic heterocycles. The van der Waals surface area contributed by atoms with E-state index in [0.29, 0.717) is 37.4 Å². The monoisotopic (exact) mass is 328 g/mol. The summed E-state index contributed by atoms with van der Waals surface area (Å²) in [6, 6.07) is 7.32. The van der Waals surface area contributed by atoms with Crippen LogP contribution in [-0.2, 0) is 16.1 Å². The lowest BCUT2D eigenvalue weighted by Gasteiger charge is -2.30. The van der Waals surface area contributed by atoms with Crippen LogP contribution in [0.4, 0.5) is 0 Å². The first-order valence-electron chi connectivity index (χ1n) is 8.10. The van der Waals surface area contributed by atoms with E-state index in [0.717, 1.165) is 5.69 Å². The number of aromatic nitrogens is 2. The molecule has 0 bridgehead atoms. The summed E-state index contributed by atoms with van der Waals surface area (Å²) in [7, 11) is 0. The fourth-order valence-electron chi connectivity index (χ4n) is 2.78. The third kappa shape index (κ3) is 3.61. The van der Waals surface area contributed by atoms with Crippen LogP contribution < -0.4 is 5.32 Å². The first-order chi connectivity index (χ1) is 11.7. The van der Waals surface area contributed by atoms with Crippen molar-refractivity contribution in [3.8, 4) is 11.4 Å². The average molecular weight is 328 g/mol. The molecular weight excluding hydrogens is 308 g/mol. The molecule has 7 heteroatoms. The van der Waals surface area contributed by atoms with Gasteiger partial charge in [0.2, 0.25) is 11.8 Å². The Hall–Kier alpha value is -2.70. The number of rotatable bonds is 5. The maximum absolute atomic E-state index is 12.3. The number of likely N-dealkylation sites (tertiary alicyclic amines) is 1. The van der Waals surface area contributed by atoms with Crippen molar-refractivity contribution in [1.29, 1.82) is 0 Å². The minimum atomic E-state index is -0.166. The molecule has 0 aliphatic carbocycles. The quantitative estimate of drug-likeness (QED) is 0.901. The predicted molar refractivity (Wildman–Crippen MR) is 86.6 cm³/mol. The second kappa shape index (κ2) is 7.25. The molecule has 2 amide bonds. The van der Waals surface area contributed by atoms with Crippen LogP contribution in [0, 0.1) is 5.92 Å². The zero-order valence-electron chi connectivity index (χ0n) is 13.6.